The molecule has 3 heterocycles. The first-order valence-electron chi connectivity index (χ1n) is 8.51. The lowest BCUT2D eigenvalue weighted by molar-refractivity contribution is 0.507. The highest BCUT2D eigenvalue weighted by molar-refractivity contribution is 7.13. The second kappa shape index (κ2) is 8.73. The fourth-order valence-corrected chi connectivity index (χ4v) is 3.67. The first-order chi connectivity index (χ1) is 11.8. The Morgan fingerprint density at radius 3 is 2.79 bits per heavy atom. The van der Waals surface area contributed by atoms with Crippen LogP contribution in [0.1, 0.15) is 24.3 Å². The maximum absolute atomic E-state index is 5.32. The first-order valence-corrected chi connectivity index (χ1v) is 9.39. The summed E-state index contributed by atoms with van der Waals surface area (Å²) in [7, 11) is 1.79. The van der Waals surface area contributed by atoms with Crippen molar-refractivity contribution in [3.63, 3.8) is 0 Å². The molecule has 3 rings (SSSR count). The average molecular weight is 347 g/mol. The fourth-order valence-electron chi connectivity index (χ4n) is 2.75. The van der Waals surface area contributed by atoms with Crippen molar-refractivity contribution in [2.45, 2.75) is 25.7 Å². The standard InChI is InChI=1S/C17H25N5OS/c1-18-16(20-9-7-15-5-4-12-23-15)19-8-6-14-13-24-17(21-14)22-10-2-3-11-22/h4-5,12-13H,2-3,6-11H2,1H3,(H2,18,19,20). The summed E-state index contributed by atoms with van der Waals surface area (Å²) in [6.45, 7) is 3.92. The third-order valence-corrected chi connectivity index (χ3v) is 5.01. The number of aromatic nitrogens is 1. The van der Waals surface area contributed by atoms with E-state index in [2.05, 4.69) is 25.9 Å². The zero-order chi connectivity index (χ0) is 16.6. The number of hydrogen-bond donors (Lipinski definition) is 2. The molecule has 0 amide bonds. The van der Waals surface area contributed by atoms with Gasteiger partial charge in [0.2, 0.25) is 0 Å². The van der Waals surface area contributed by atoms with Gasteiger partial charge < -0.3 is 20.0 Å². The highest BCUT2D eigenvalue weighted by Crippen LogP contribution is 2.24. The molecule has 0 atom stereocenters. The second-order valence-corrected chi connectivity index (χ2v) is 6.66. The summed E-state index contributed by atoms with van der Waals surface area (Å²) in [5.74, 6) is 1.80. The van der Waals surface area contributed by atoms with Crippen LogP contribution in [0.25, 0.3) is 0 Å². The summed E-state index contributed by atoms with van der Waals surface area (Å²) < 4.78 is 5.32. The van der Waals surface area contributed by atoms with E-state index in [4.69, 9.17) is 9.40 Å². The molecule has 6 nitrogen and oxygen atoms in total. The van der Waals surface area contributed by atoms with Gasteiger partial charge in [0.25, 0.3) is 0 Å². The summed E-state index contributed by atoms with van der Waals surface area (Å²) in [5, 5.41) is 9.97. The van der Waals surface area contributed by atoms with Crippen molar-refractivity contribution >= 4 is 22.4 Å². The van der Waals surface area contributed by atoms with Crippen molar-refractivity contribution in [3.05, 3.63) is 35.2 Å². The van der Waals surface area contributed by atoms with Crippen molar-refractivity contribution < 1.29 is 4.42 Å². The number of nitrogens with zero attached hydrogens (tertiary/aromatic N) is 3. The van der Waals surface area contributed by atoms with Gasteiger partial charge in [-0.15, -0.1) is 11.3 Å². The monoisotopic (exact) mass is 347 g/mol. The number of rotatable bonds is 7. The first kappa shape index (κ1) is 16.8. The summed E-state index contributed by atoms with van der Waals surface area (Å²) >= 11 is 1.75. The van der Waals surface area contributed by atoms with E-state index in [9.17, 15) is 0 Å². The van der Waals surface area contributed by atoms with Crippen molar-refractivity contribution in [2.24, 2.45) is 4.99 Å². The number of anilines is 1. The van der Waals surface area contributed by atoms with Gasteiger partial charge in [0.05, 0.1) is 12.0 Å². The SMILES string of the molecule is CN=C(NCCc1csc(N2CCCC2)n1)NCCc1ccco1. The lowest BCUT2D eigenvalue weighted by Crippen LogP contribution is -2.39. The van der Waals surface area contributed by atoms with Crippen molar-refractivity contribution in [1.82, 2.24) is 15.6 Å². The number of hydrogen-bond acceptors (Lipinski definition) is 5. The van der Waals surface area contributed by atoms with E-state index in [0.29, 0.717) is 0 Å². The molecule has 1 fully saturated rings. The molecule has 0 aliphatic carbocycles. The Kier molecular flexibility index (Phi) is 6.12. The molecule has 130 valence electrons. The van der Waals surface area contributed by atoms with Gasteiger partial charge in [-0.05, 0) is 25.0 Å². The molecule has 0 aromatic carbocycles. The molecule has 0 radical (unpaired) electrons. The second-order valence-electron chi connectivity index (χ2n) is 5.82. The molecule has 1 saturated heterocycles. The van der Waals surface area contributed by atoms with E-state index in [0.717, 1.165) is 56.4 Å². The Bertz CT molecular complexity index is 631. The van der Waals surface area contributed by atoms with Crippen LogP contribution in [0.5, 0.6) is 0 Å². The Labute approximate surface area is 147 Å². The summed E-state index contributed by atoms with van der Waals surface area (Å²) in [4.78, 5) is 11.4. The highest BCUT2D eigenvalue weighted by Gasteiger charge is 2.15. The number of nitrogens with one attached hydrogen (secondary N) is 2. The molecular weight excluding hydrogens is 322 g/mol. The predicted molar refractivity (Wildman–Crippen MR) is 99.0 cm³/mol. The van der Waals surface area contributed by atoms with Crippen LogP contribution in [0.2, 0.25) is 0 Å². The van der Waals surface area contributed by atoms with Crippen molar-refractivity contribution in [1.29, 1.82) is 0 Å². The normalized spacial score (nSPS) is 15.0. The Morgan fingerprint density at radius 2 is 2.08 bits per heavy atom. The van der Waals surface area contributed by atoms with Crippen LogP contribution < -0.4 is 15.5 Å². The molecule has 24 heavy (non-hydrogen) atoms. The molecule has 2 N–H and O–H groups in total. The minimum atomic E-state index is 0.795. The molecule has 0 bridgehead atoms. The molecule has 0 unspecified atom stereocenters. The summed E-state index contributed by atoms with van der Waals surface area (Å²) in [5.41, 5.74) is 1.15. The van der Waals surface area contributed by atoms with Crippen LogP contribution in [0.4, 0.5) is 5.13 Å². The predicted octanol–water partition coefficient (Wildman–Crippen LogP) is 2.29. The number of aliphatic imine (C=N–C) groups is 1. The Balaban J connectivity index is 1.36. The third kappa shape index (κ3) is 4.74. The number of furan rings is 1. The zero-order valence-electron chi connectivity index (χ0n) is 14.1. The maximum Gasteiger partial charge on any atom is 0.191 e. The van der Waals surface area contributed by atoms with E-state index < -0.39 is 0 Å². The minimum absolute atomic E-state index is 0.795. The van der Waals surface area contributed by atoms with E-state index in [1.165, 1.54) is 18.0 Å². The zero-order valence-corrected chi connectivity index (χ0v) is 14.9. The quantitative estimate of drug-likeness (QED) is 0.594. The van der Waals surface area contributed by atoms with Crippen LogP contribution in [0.3, 0.4) is 0 Å². The molecule has 2 aromatic rings. The Hall–Kier alpha value is -2.02. The Morgan fingerprint density at radius 1 is 1.29 bits per heavy atom. The molecule has 7 heteroatoms. The van der Waals surface area contributed by atoms with Gasteiger partial charge >= 0.3 is 0 Å². The minimum Gasteiger partial charge on any atom is -0.469 e. The smallest absolute Gasteiger partial charge is 0.191 e. The maximum atomic E-state index is 5.32. The highest BCUT2D eigenvalue weighted by atomic mass is 32.1. The summed E-state index contributed by atoms with van der Waals surface area (Å²) in [6, 6.07) is 3.89. The number of thiazole rings is 1. The van der Waals surface area contributed by atoms with Gasteiger partial charge in [-0.2, -0.15) is 0 Å². The molecule has 0 saturated carbocycles. The number of guanidine groups is 1. The van der Waals surface area contributed by atoms with E-state index in [-0.39, 0.29) is 0 Å². The van der Waals surface area contributed by atoms with E-state index >= 15 is 0 Å². The van der Waals surface area contributed by atoms with Gasteiger partial charge in [-0.25, -0.2) is 4.98 Å². The van der Waals surface area contributed by atoms with Gasteiger partial charge in [0.15, 0.2) is 11.1 Å². The topological polar surface area (TPSA) is 65.7 Å². The molecular formula is C17H25N5OS. The molecule has 2 aromatic heterocycles. The van der Waals surface area contributed by atoms with Gasteiger partial charge in [0, 0.05) is 51.4 Å². The fraction of sp³-hybridized carbons (Fsp3) is 0.529. The van der Waals surface area contributed by atoms with Crippen LogP contribution in [0.15, 0.2) is 33.2 Å². The summed E-state index contributed by atoms with van der Waals surface area (Å²) in [6.07, 6.45) is 6.03. The van der Waals surface area contributed by atoms with Crippen LogP contribution >= 0.6 is 11.3 Å². The van der Waals surface area contributed by atoms with Crippen LogP contribution in [-0.4, -0.2) is 44.2 Å². The van der Waals surface area contributed by atoms with Gasteiger partial charge in [-0.1, -0.05) is 0 Å². The lowest BCUT2D eigenvalue weighted by Gasteiger charge is -2.12. The molecule has 1 aliphatic rings. The van der Waals surface area contributed by atoms with Crippen LogP contribution in [-0.2, 0) is 12.8 Å². The average Bonchev–Trinajstić information content (AvgIpc) is 3.34. The van der Waals surface area contributed by atoms with Gasteiger partial charge in [0.1, 0.15) is 5.76 Å². The van der Waals surface area contributed by atoms with Gasteiger partial charge in [-0.3, -0.25) is 4.99 Å². The van der Waals surface area contributed by atoms with Crippen molar-refractivity contribution in [2.75, 3.05) is 38.1 Å². The largest absolute Gasteiger partial charge is 0.469 e. The van der Waals surface area contributed by atoms with E-state index in [1.54, 1.807) is 24.6 Å². The van der Waals surface area contributed by atoms with Crippen LogP contribution in [0, 0.1) is 0 Å². The lowest BCUT2D eigenvalue weighted by atomic mass is 10.3. The van der Waals surface area contributed by atoms with E-state index in [1.807, 2.05) is 12.1 Å². The van der Waals surface area contributed by atoms with Crippen molar-refractivity contribution in [3.8, 4) is 0 Å². The molecule has 0 spiro atoms. The third-order valence-electron chi connectivity index (χ3n) is 4.06. The molecule has 1 aliphatic heterocycles.